The molecular formula is C14H13N3O3S. The van der Waals surface area contributed by atoms with Crippen LogP contribution in [-0.4, -0.2) is 23.0 Å². The largest absolute Gasteiger partial charge is 0.295 e. The molecule has 0 aliphatic rings. The van der Waals surface area contributed by atoms with Gasteiger partial charge in [0.25, 0.3) is 5.56 Å². The van der Waals surface area contributed by atoms with Crippen molar-refractivity contribution in [1.82, 2.24) is 14.6 Å². The molecule has 0 unspecified atom stereocenters. The van der Waals surface area contributed by atoms with Crippen molar-refractivity contribution in [2.75, 3.05) is 0 Å². The normalized spacial score (nSPS) is 11.9. The van der Waals surface area contributed by atoms with E-state index in [1.807, 2.05) is 6.92 Å². The number of sulfone groups is 1. The number of H-pyrrole nitrogens is 1. The van der Waals surface area contributed by atoms with E-state index in [0.717, 1.165) is 10.1 Å². The van der Waals surface area contributed by atoms with E-state index in [9.17, 15) is 13.2 Å². The Morgan fingerprint density at radius 3 is 2.48 bits per heavy atom. The fourth-order valence-corrected chi connectivity index (χ4v) is 3.45. The zero-order valence-corrected chi connectivity index (χ0v) is 12.3. The van der Waals surface area contributed by atoms with Gasteiger partial charge in [0.05, 0.1) is 4.90 Å². The number of aryl methyl sites for hydroxylation is 2. The molecule has 0 saturated heterocycles. The molecule has 3 rings (SSSR count). The first-order chi connectivity index (χ1) is 9.89. The van der Waals surface area contributed by atoms with Gasteiger partial charge < -0.3 is 0 Å². The minimum Gasteiger partial charge on any atom is -0.295 e. The van der Waals surface area contributed by atoms with Gasteiger partial charge in [-0.3, -0.25) is 9.89 Å². The minimum absolute atomic E-state index is 0.00727. The highest BCUT2D eigenvalue weighted by Gasteiger charge is 2.23. The first-order valence-corrected chi connectivity index (χ1v) is 7.77. The van der Waals surface area contributed by atoms with Crippen LogP contribution < -0.4 is 5.56 Å². The summed E-state index contributed by atoms with van der Waals surface area (Å²) in [6.07, 6.45) is 1.29. The SMILES string of the molecule is Cc1ccc(S(=O)(=O)c2c[nH]n3c(=O)cc(C)nc23)cc1. The van der Waals surface area contributed by atoms with E-state index in [1.165, 1.54) is 12.3 Å². The molecule has 0 bridgehead atoms. The maximum Gasteiger partial charge on any atom is 0.272 e. The Balaban J connectivity index is 2.29. The van der Waals surface area contributed by atoms with E-state index in [1.54, 1.807) is 31.2 Å². The van der Waals surface area contributed by atoms with Crippen LogP contribution in [0.1, 0.15) is 11.3 Å². The number of aromatic nitrogens is 3. The van der Waals surface area contributed by atoms with Crippen LogP contribution in [0.25, 0.3) is 5.65 Å². The van der Waals surface area contributed by atoms with Gasteiger partial charge in [0.1, 0.15) is 4.90 Å². The molecule has 7 heteroatoms. The highest BCUT2D eigenvalue weighted by molar-refractivity contribution is 7.91. The maximum absolute atomic E-state index is 12.7. The summed E-state index contributed by atoms with van der Waals surface area (Å²) in [5.41, 5.74) is 1.21. The summed E-state index contributed by atoms with van der Waals surface area (Å²) in [6, 6.07) is 7.88. The molecule has 0 radical (unpaired) electrons. The summed E-state index contributed by atoms with van der Waals surface area (Å²) >= 11 is 0. The van der Waals surface area contributed by atoms with Crippen molar-refractivity contribution in [3.8, 4) is 0 Å². The third kappa shape index (κ3) is 2.15. The van der Waals surface area contributed by atoms with Crippen LogP contribution in [0.4, 0.5) is 0 Å². The Hall–Kier alpha value is -2.41. The third-order valence-electron chi connectivity index (χ3n) is 3.21. The summed E-state index contributed by atoms with van der Waals surface area (Å²) < 4.78 is 26.5. The number of rotatable bonds is 2. The molecule has 1 N–H and O–H groups in total. The van der Waals surface area contributed by atoms with Gasteiger partial charge in [-0.25, -0.2) is 17.9 Å². The summed E-state index contributed by atoms with van der Waals surface area (Å²) in [6.45, 7) is 3.53. The second-order valence-electron chi connectivity index (χ2n) is 4.85. The van der Waals surface area contributed by atoms with Crippen molar-refractivity contribution in [3.05, 3.63) is 58.1 Å². The highest BCUT2D eigenvalue weighted by atomic mass is 32.2. The lowest BCUT2D eigenvalue weighted by atomic mass is 10.2. The van der Waals surface area contributed by atoms with Gasteiger partial charge in [-0.2, -0.15) is 0 Å². The maximum atomic E-state index is 12.7. The van der Waals surface area contributed by atoms with Gasteiger partial charge in [0.2, 0.25) is 9.84 Å². The number of benzene rings is 1. The number of nitrogens with zero attached hydrogens (tertiary/aromatic N) is 2. The van der Waals surface area contributed by atoms with Gasteiger partial charge in [-0.15, -0.1) is 0 Å². The van der Waals surface area contributed by atoms with Gasteiger partial charge in [0.15, 0.2) is 5.65 Å². The van der Waals surface area contributed by atoms with Gasteiger partial charge in [-0.05, 0) is 26.0 Å². The highest BCUT2D eigenvalue weighted by Crippen LogP contribution is 2.23. The topological polar surface area (TPSA) is 84.3 Å². The first-order valence-electron chi connectivity index (χ1n) is 6.29. The molecule has 0 amide bonds. The lowest BCUT2D eigenvalue weighted by Crippen LogP contribution is -2.15. The molecule has 0 spiro atoms. The van der Waals surface area contributed by atoms with Crippen molar-refractivity contribution >= 4 is 15.5 Å². The summed E-state index contributed by atoms with van der Waals surface area (Å²) in [7, 11) is -3.73. The predicted molar refractivity (Wildman–Crippen MR) is 77.2 cm³/mol. The molecule has 108 valence electrons. The Labute approximate surface area is 121 Å². The first kappa shape index (κ1) is 13.6. The predicted octanol–water partition coefficient (Wildman–Crippen LogP) is 1.47. The molecule has 2 aromatic heterocycles. The average Bonchev–Trinajstić information content (AvgIpc) is 2.83. The van der Waals surface area contributed by atoms with Crippen molar-refractivity contribution in [3.63, 3.8) is 0 Å². The lowest BCUT2D eigenvalue weighted by molar-refractivity contribution is 0.596. The smallest absolute Gasteiger partial charge is 0.272 e. The Bertz CT molecular complexity index is 982. The average molecular weight is 303 g/mol. The molecular weight excluding hydrogens is 290 g/mol. The molecule has 0 aliphatic heterocycles. The van der Waals surface area contributed by atoms with E-state index in [2.05, 4.69) is 10.1 Å². The van der Waals surface area contributed by atoms with Crippen molar-refractivity contribution in [1.29, 1.82) is 0 Å². The zero-order chi connectivity index (χ0) is 15.2. The van der Waals surface area contributed by atoms with Crippen LogP contribution >= 0.6 is 0 Å². The van der Waals surface area contributed by atoms with Crippen LogP contribution in [0, 0.1) is 13.8 Å². The number of hydrogen-bond donors (Lipinski definition) is 1. The molecule has 1 aromatic carbocycles. The fourth-order valence-electron chi connectivity index (χ4n) is 2.12. The number of nitrogens with one attached hydrogen (secondary N) is 1. The van der Waals surface area contributed by atoms with E-state index in [-0.39, 0.29) is 21.0 Å². The molecule has 0 fully saturated rings. The molecule has 0 saturated carbocycles. The standard InChI is InChI=1S/C14H13N3O3S/c1-9-3-5-11(6-4-9)21(19,20)12-8-15-17-13(18)7-10(2)16-14(12)17/h3-8,15H,1-2H3. The molecule has 0 atom stereocenters. The van der Waals surface area contributed by atoms with Crippen molar-refractivity contribution in [2.24, 2.45) is 0 Å². The number of hydrogen-bond acceptors (Lipinski definition) is 4. The minimum atomic E-state index is -3.73. The number of fused-ring (bicyclic) bond motifs is 1. The number of aromatic amines is 1. The lowest BCUT2D eigenvalue weighted by Gasteiger charge is -2.03. The van der Waals surface area contributed by atoms with Crippen LogP contribution in [0.5, 0.6) is 0 Å². The zero-order valence-electron chi connectivity index (χ0n) is 11.5. The fraction of sp³-hybridized carbons (Fsp3) is 0.143. The van der Waals surface area contributed by atoms with Crippen LogP contribution in [0.3, 0.4) is 0 Å². The second-order valence-corrected chi connectivity index (χ2v) is 6.77. The molecule has 3 aromatic rings. The Kier molecular flexibility index (Phi) is 2.94. The van der Waals surface area contributed by atoms with Crippen LogP contribution in [0.2, 0.25) is 0 Å². The second kappa shape index (κ2) is 4.56. The Morgan fingerprint density at radius 1 is 1.14 bits per heavy atom. The van der Waals surface area contributed by atoms with E-state index in [4.69, 9.17) is 0 Å². The van der Waals surface area contributed by atoms with E-state index >= 15 is 0 Å². The van der Waals surface area contributed by atoms with Crippen molar-refractivity contribution in [2.45, 2.75) is 23.6 Å². The van der Waals surface area contributed by atoms with Gasteiger partial charge in [0, 0.05) is 18.0 Å². The van der Waals surface area contributed by atoms with Gasteiger partial charge >= 0.3 is 0 Å². The molecule has 2 heterocycles. The quantitative estimate of drug-likeness (QED) is 0.777. The Morgan fingerprint density at radius 2 is 1.81 bits per heavy atom. The van der Waals surface area contributed by atoms with Crippen molar-refractivity contribution < 1.29 is 8.42 Å². The van der Waals surface area contributed by atoms with Crippen LogP contribution in [-0.2, 0) is 9.84 Å². The summed E-state index contributed by atoms with van der Waals surface area (Å²) in [5, 5.41) is 2.63. The van der Waals surface area contributed by atoms with Gasteiger partial charge in [-0.1, -0.05) is 17.7 Å². The van der Waals surface area contributed by atoms with E-state index < -0.39 is 9.84 Å². The molecule has 6 nitrogen and oxygen atoms in total. The summed E-state index contributed by atoms with van der Waals surface area (Å²) in [5.74, 6) is 0. The monoisotopic (exact) mass is 303 g/mol. The van der Waals surface area contributed by atoms with E-state index in [0.29, 0.717) is 5.69 Å². The van der Waals surface area contributed by atoms with Crippen LogP contribution in [0.15, 0.2) is 51.1 Å². The molecule has 21 heavy (non-hydrogen) atoms. The summed E-state index contributed by atoms with van der Waals surface area (Å²) in [4.78, 5) is 16.1. The third-order valence-corrected chi connectivity index (χ3v) is 4.98. The molecule has 0 aliphatic carbocycles.